The Morgan fingerprint density at radius 2 is 2.33 bits per heavy atom. The molecule has 2 aromatic rings. The van der Waals surface area contributed by atoms with Crippen molar-refractivity contribution in [2.75, 3.05) is 25.0 Å². The average Bonchev–Trinajstić information content (AvgIpc) is 2.95. The highest BCUT2D eigenvalue weighted by molar-refractivity contribution is 5.87. The molecule has 0 radical (unpaired) electrons. The van der Waals surface area contributed by atoms with Crippen LogP contribution in [-0.4, -0.2) is 41.1 Å². The lowest BCUT2D eigenvalue weighted by Crippen LogP contribution is -2.29. The van der Waals surface area contributed by atoms with E-state index in [0.717, 1.165) is 13.0 Å². The van der Waals surface area contributed by atoms with E-state index in [4.69, 9.17) is 0 Å². The van der Waals surface area contributed by atoms with E-state index in [2.05, 4.69) is 15.3 Å². The Balaban J connectivity index is 2.15. The summed E-state index contributed by atoms with van der Waals surface area (Å²) in [6.45, 7) is 1.44. The summed E-state index contributed by atoms with van der Waals surface area (Å²) in [5, 5.41) is 14.7. The van der Waals surface area contributed by atoms with Crippen molar-refractivity contribution < 1.29 is 4.92 Å². The van der Waals surface area contributed by atoms with Crippen LogP contribution in [0.2, 0.25) is 0 Å². The van der Waals surface area contributed by atoms with Gasteiger partial charge in [0.1, 0.15) is 5.69 Å². The summed E-state index contributed by atoms with van der Waals surface area (Å²) in [5.41, 5.74) is 0.553. The van der Waals surface area contributed by atoms with E-state index in [1.54, 1.807) is 6.07 Å². The van der Waals surface area contributed by atoms with Crippen LogP contribution in [0.3, 0.4) is 0 Å². The molecule has 1 aliphatic rings. The third-order valence-corrected chi connectivity index (χ3v) is 3.87. The summed E-state index contributed by atoms with van der Waals surface area (Å²) in [4.78, 5) is 31.1. The largest absolute Gasteiger partial charge is 0.364 e. The average molecular weight is 289 g/mol. The number of nitro benzene ring substituents is 1. The Labute approximate surface area is 119 Å². The van der Waals surface area contributed by atoms with Crippen LogP contribution < -0.4 is 15.8 Å². The van der Waals surface area contributed by atoms with Gasteiger partial charge in [-0.05, 0) is 19.5 Å². The highest BCUT2D eigenvalue weighted by Gasteiger charge is 2.27. The fraction of sp³-hybridized carbons (Fsp3) is 0.385. The fourth-order valence-electron chi connectivity index (χ4n) is 2.71. The second kappa shape index (κ2) is 5.13. The molecule has 2 heterocycles. The third kappa shape index (κ3) is 2.33. The molecule has 1 aliphatic heterocycles. The number of hydrogen-bond acceptors (Lipinski definition) is 6. The van der Waals surface area contributed by atoms with Crippen LogP contribution in [-0.2, 0) is 0 Å². The maximum atomic E-state index is 11.7. The zero-order valence-corrected chi connectivity index (χ0v) is 11.5. The van der Waals surface area contributed by atoms with Crippen molar-refractivity contribution in [3.05, 3.63) is 38.9 Å². The van der Waals surface area contributed by atoms with Crippen LogP contribution in [0.5, 0.6) is 0 Å². The van der Waals surface area contributed by atoms with Crippen LogP contribution in [0.15, 0.2) is 23.3 Å². The maximum absolute atomic E-state index is 11.7. The van der Waals surface area contributed by atoms with Crippen molar-refractivity contribution in [3.63, 3.8) is 0 Å². The molecule has 1 saturated heterocycles. The summed E-state index contributed by atoms with van der Waals surface area (Å²) in [6, 6.07) is 3.25. The van der Waals surface area contributed by atoms with Crippen molar-refractivity contribution in [2.45, 2.75) is 12.5 Å². The van der Waals surface area contributed by atoms with Gasteiger partial charge in [0.05, 0.1) is 22.2 Å². The number of anilines is 1. The minimum absolute atomic E-state index is 0.0576. The molecule has 8 nitrogen and oxygen atoms in total. The second-order valence-corrected chi connectivity index (χ2v) is 5.07. The molecule has 1 aromatic heterocycles. The van der Waals surface area contributed by atoms with E-state index >= 15 is 0 Å². The van der Waals surface area contributed by atoms with E-state index < -0.39 is 4.92 Å². The first-order valence-electron chi connectivity index (χ1n) is 6.68. The molecule has 0 saturated carbocycles. The number of nitrogens with zero attached hydrogens (tertiary/aromatic N) is 3. The molecule has 0 amide bonds. The van der Waals surface area contributed by atoms with Gasteiger partial charge in [-0.15, -0.1) is 0 Å². The van der Waals surface area contributed by atoms with Crippen molar-refractivity contribution >= 4 is 22.3 Å². The minimum Gasteiger partial charge on any atom is -0.364 e. The predicted octanol–water partition coefficient (Wildman–Crippen LogP) is 0.629. The van der Waals surface area contributed by atoms with Gasteiger partial charge in [0.15, 0.2) is 0 Å². The first kappa shape index (κ1) is 13.5. The molecule has 1 atom stereocenters. The van der Waals surface area contributed by atoms with Crippen LogP contribution in [0.1, 0.15) is 6.42 Å². The van der Waals surface area contributed by atoms with E-state index in [-0.39, 0.29) is 16.6 Å². The van der Waals surface area contributed by atoms with Crippen molar-refractivity contribution in [3.8, 4) is 0 Å². The van der Waals surface area contributed by atoms with Gasteiger partial charge in [0, 0.05) is 25.2 Å². The number of benzene rings is 1. The molecule has 3 rings (SSSR count). The van der Waals surface area contributed by atoms with E-state index in [1.807, 2.05) is 11.9 Å². The summed E-state index contributed by atoms with van der Waals surface area (Å²) in [5.74, 6) is 0. The number of nitrogens with one attached hydrogen (secondary N) is 2. The number of nitro groups is 1. The maximum Gasteiger partial charge on any atom is 0.293 e. The first-order valence-corrected chi connectivity index (χ1v) is 6.68. The monoisotopic (exact) mass is 289 g/mol. The SMILES string of the molecule is CNC1CCN(c2cc3nc[nH]c(=O)c3cc2[N+](=O)[O-])C1. The molecular formula is C13H15N5O3. The number of hydrogen-bond donors (Lipinski definition) is 2. The van der Waals surface area contributed by atoms with Crippen molar-refractivity contribution in [1.82, 2.24) is 15.3 Å². The Morgan fingerprint density at radius 1 is 1.52 bits per heavy atom. The normalized spacial score (nSPS) is 18.3. The Hall–Kier alpha value is -2.48. The highest BCUT2D eigenvalue weighted by atomic mass is 16.6. The molecular weight excluding hydrogens is 274 g/mol. The van der Waals surface area contributed by atoms with Gasteiger partial charge in [0.2, 0.25) is 0 Å². The fourth-order valence-corrected chi connectivity index (χ4v) is 2.71. The van der Waals surface area contributed by atoms with E-state index in [9.17, 15) is 14.9 Å². The van der Waals surface area contributed by atoms with Gasteiger partial charge in [-0.3, -0.25) is 14.9 Å². The van der Waals surface area contributed by atoms with Gasteiger partial charge in [-0.1, -0.05) is 0 Å². The number of likely N-dealkylation sites (N-methyl/N-ethyl adjacent to an activating group) is 1. The molecule has 0 spiro atoms. The van der Waals surface area contributed by atoms with E-state index in [0.29, 0.717) is 23.8 Å². The molecule has 0 aliphatic carbocycles. The smallest absolute Gasteiger partial charge is 0.293 e. The van der Waals surface area contributed by atoms with Crippen LogP contribution >= 0.6 is 0 Å². The molecule has 1 unspecified atom stereocenters. The van der Waals surface area contributed by atoms with Crippen molar-refractivity contribution in [2.24, 2.45) is 0 Å². The van der Waals surface area contributed by atoms with Gasteiger partial charge in [-0.2, -0.15) is 0 Å². The van der Waals surface area contributed by atoms with E-state index in [1.165, 1.54) is 12.4 Å². The number of fused-ring (bicyclic) bond motifs is 1. The molecule has 21 heavy (non-hydrogen) atoms. The predicted molar refractivity (Wildman–Crippen MR) is 78.7 cm³/mol. The minimum atomic E-state index is -0.450. The van der Waals surface area contributed by atoms with Gasteiger partial charge < -0.3 is 15.2 Å². The van der Waals surface area contributed by atoms with Crippen LogP contribution in [0.4, 0.5) is 11.4 Å². The molecule has 8 heteroatoms. The summed E-state index contributed by atoms with van der Waals surface area (Å²) >= 11 is 0. The molecule has 1 aromatic carbocycles. The third-order valence-electron chi connectivity index (χ3n) is 3.87. The number of H-pyrrole nitrogens is 1. The Kier molecular flexibility index (Phi) is 3.30. The van der Waals surface area contributed by atoms with Gasteiger partial charge in [-0.25, -0.2) is 4.98 Å². The molecule has 0 bridgehead atoms. The quantitative estimate of drug-likeness (QED) is 0.634. The zero-order chi connectivity index (χ0) is 15.0. The topological polar surface area (TPSA) is 104 Å². The summed E-state index contributed by atoms with van der Waals surface area (Å²) < 4.78 is 0. The number of aromatic amines is 1. The van der Waals surface area contributed by atoms with Gasteiger partial charge >= 0.3 is 0 Å². The number of rotatable bonds is 3. The second-order valence-electron chi connectivity index (χ2n) is 5.07. The van der Waals surface area contributed by atoms with Gasteiger partial charge in [0.25, 0.3) is 11.2 Å². The lowest BCUT2D eigenvalue weighted by molar-refractivity contribution is -0.384. The standard InChI is InChI=1S/C13H15N5O3/c1-14-8-2-3-17(6-8)11-5-10-9(4-12(11)18(20)21)13(19)16-7-15-10/h4-5,7-8,14H,2-3,6H2,1H3,(H,15,16,19). The van der Waals surface area contributed by atoms with Crippen molar-refractivity contribution in [1.29, 1.82) is 0 Å². The first-order chi connectivity index (χ1) is 10.1. The summed E-state index contributed by atoms with van der Waals surface area (Å²) in [6.07, 6.45) is 2.23. The molecule has 2 N–H and O–H groups in total. The lowest BCUT2D eigenvalue weighted by Gasteiger charge is -2.18. The van der Waals surface area contributed by atoms with Crippen LogP contribution in [0, 0.1) is 10.1 Å². The summed E-state index contributed by atoms with van der Waals surface area (Å²) in [7, 11) is 1.88. The number of aromatic nitrogens is 2. The molecule has 110 valence electrons. The zero-order valence-electron chi connectivity index (χ0n) is 11.5. The lowest BCUT2D eigenvalue weighted by atomic mass is 10.1. The highest BCUT2D eigenvalue weighted by Crippen LogP contribution is 2.33. The Bertz CT molecular complexity index is 757. The molecule has 1 fully saturated rings. The Morgan fingerprint density at radius 3 is 3.00 bits per heavy atom. The van der Waals surface area contributed by atoms with Crippen LogP contribution in [0.25, 0.3) is 10.9 Å².